The molecule has 1 aromatic carbocycles. The molecule has 2 heterocycles. The van der Waals surface area contributed by atoms with Crippen molar-refractivity contribution >= 4 is 11.0 Å². The van der Waals surface area contributed by atoms with Gasteiger partial charge in [-0.1, -0.05) is 17.3 Å². The number of aromatic nitrogens is 1. The van der Waals surface area contributed by atoms with Crippen LogP contribution in [0.3, 0.4) is 0 Å². The SMILES string of the molecule is Cc1noc2cccc(CCN3CCNCC3)c12. The number of piperazine rings is 1. The van der Waals surface area contributed by atoms with Gasteiger partial charge in [-0.15, -0.1) is 0 Å². The summed E-state index contributed by atoms with van der Waals surface area (Å²) in [6, 6.07) is 6.23. The summed E-state index contributed by atoms with van der Waals surface area (Å²) in [6.45, 7) is 7.65. The van der Waals surface area contributed by atoms with Gasteiger partial charge in [0.05, 0.1) is 5.69 Å². The molecule has 1 fully saturated rings. The average Bonchev–Trinajstić information content (AvgIpc) is 2.80. The van der Waals surface area contributed by atoms with Crippen LogP contribution in [-0.4, -0.2) is 42.8 Å². The molecule has 4 nitrogen and oxygen atoms in total. The van der Waals surface area contributed by atoms with E-state index in [1.54, 1.807) is 0 Å². The fraction of sp³-hybridized carbons (Fsp3) is 0.500. The Morgan fingerprint density at radius 1 is 1.33 bits per heavy atom. The molecule has 1 aromatic heterocycles. The molecule has 4 heteroatoms. The van der Waals surface area contributed by atoms with E-state index in [1.807, 2.05) is 13.0 Å². The van der Waals surface area contributed by atoms with Crippen LogP contribution in [0.1, 0.15) is 11.3 Å². The maximum absolute atomic E-state index is 5.31. The van der Waals surface area contributed by atoms with Crippen molar-refractivity contribution in [3.63, 3.8) is 0 Å². The number of nitrogens with zero attached hydrogens (tertiary/aromatic N) is 2. The highest BCUT2D eigenvalue weighted by Crippen LogP contribution is 2.22. The molecule has 0 atom stereocenters. The summed E-state index contributed by atoms with van der Waals surface area (Å²) in [6.07, 6.45) is 1.07. The van der Waals surface area contributed by atoms with Crippen molar-refractivity contribution in [2.75, 3.05) is 32.7 Å². The van der Waals surface area contributed by atoms with Gasteiger partial charge in [-0.05, 0) is 25.0 Å². The summed E-state index contributed by atoms with van der Waals surface area (Å²) in [4.78, 5) is 2.51. The third-order valence-corrected chi connectivity index (χ3v) is 3.66. The summed E-state index contributed by atoms with van der Waals surface area (Å²) in [7, 11) is 0. The highest BCUT2D eigenvalue weighted by Gasteiger charge is 2.12. The zero-order valence-corrected chi connectivity index (χ0v) is 10.8. The summed E-state index contributed by atoms with van der Waals surface area (Å²) < 4.78 is 5.31. The quantitative estimate of drug-likeness (QED) is 0.891. The molecule has 2 aromatic rings. The van der Waals surface area contributed by atoms with E-state index in [0.29, 0.717) is 0 Å². The molecule has 0 aliphatic carbocycles. The van der Waals surface area contributed by atoms with Gasteiger partial charge in [0, 0.05) is 38.1 Å². The molecule has 1 N–H and O–H groups in total. The molecule has 3 rings (SSSR count). The van der Waals surface area contributed by atoms with Crippen molar-refractivity contribution in [3.05, 3.63) is 29.5 Å². The predicted molar refractivity (Wildman–Crippen MR) is 71.8 cm³/mol. The summed E-state index contributed by atoms with van der Waals surface area (Å²) in [5.74, 6) is 0. The van der Waals surface area contributed by atoms with Crippen LogP contribution >= 0.6 is 0 Å². The Hall–Kier alpha value is -1.39. The van der Waals surface area contributed by atoms with E-state index < -0.39 is 0 Å². The first kappa shape index (κ1) is 11.7. The number of hydrogen-bond donors (Lipinski definition) is 1. The van der Waals surface area contributed by atoms with E-state index in [1.165, 1.54) is 10.9 Å². The Morgan fingerprint density at radius 3 is 3.00 bits per heavy atom. The Balaban J connectivity index is 1.75. The maximum atomic E-state index is 5.31. The van der Waals surface area contributed by atoms with Crippen LogP contribution in [-0.2, 0) is 6.42 Å². The van der Waals surface area contributed by atoms with Crippen LogP contribution in [0.25, 0.3) is 11.0 Å². The molecule has 0 bridgehead atoms. The summed E-state index contributed by atoms with van der Waals surface area (Å²) >= 11 is 0. The Bertz CT molecular complexity index is 529. The molecule has 0 amide bonds. The number of fused-ring (bicyclic) bond motifs is 1. The Labute approximate surface area is 107 Å². The van der Waals surface area contributed by atoms with Gasteiger partial charge >= 0.3 is 0 Å². The van der Waals surface area contributed by atoms with Gasteiger partial charge in [0.1, 0.15) is 0 Å². The van der Waals surface area contributed by atoms with Gasteiger partial charge in [-0.25, -0.2) is 0 Å². The summed E-state index contributed by atoms with van der Waals surface area (Å²) in [5, 5.41) is 8.63. The van der Waals surface area contributed by atoms with Gasteiger partial charge in [0.15, 0.2) is 5.58 Å². The van der Waals surface area contributed by atoms with E-state index >= 15 is 0 Å². The second-order valence-electron chi connectivity index (χ2n) is 4.90. The highest BCUT2D eigenvalue weighted by molar-refractivity contribution is 5.82. The monoisotopic (exact) mass is 245 g/mol. The molecule has 18 heavy (non-hydrogen) atoms. The molecular weight excluding hydrogens is 226 g/mol. The van der Waals surface area contributed by atoms with E-state index in [-0.39, 0.29) is 0 Å². The highest BCUT2D eigenvalue weighted by atomic mass is 16.5. The minimum Gasteiger partial charge on any atom is -0.356 e. The van der Waals surface area contributed by atoms with Crippen molar-refractivity contribution in [2.24, 2.45) is 0 Å². The molecule has 1 aliphatic heterocycles. The van der Waals surface area contributed by atoms with Crippen molar-refractivity contribution < 1.29 is 4.52 Å². The van der Waals surface area contributed by atoms with Gasteiger partial charge < -0.3 is 14.7 Å². The molecule has 0 saturated carbocycles. The van der Waals surface area contributed by atoms with Crippen molar-refractivity contribution in [1.29, 1.82) is 0 Å². The van der Waals surface area contributed by atoms with Gasteiger partial charge in [-0.3, -0.25) is 0 Å². The molecule has 0 unspecified atom stereocenters. The first-order valence-electron chi connectivity index (χ1n) is 6.61. The fourth-order valence-corrected chi connectivity index (χ4v) is 2.65. The van der Waals surface area contributed by atoms with E-state index in [0.717, 1.165) is 50.4 Å². The first-order valence-corrected chi connectivity index (χ1v) is 6.61. The van der Waals surface area contributed by atoms with Crippen LogP contribution in [0, 0.1) is 6.92 Å². The van der Waals surface area contributed by atoms with Crippen LogP contribution < -0.4 is 5.32 Å². The van der Waals surface area contributed by atoms with Crippen molar-refractivity contribution in [2.45, 2.75) is 13.3 Å². The van der Waals surface area contributed by atoms with Crippen molar-refractivity contribution in [1.82, 2.24) is 15.4 Å². The van der Waals surface area contributed by atoms with Crippen LogP contribution in [0.4, 0.5) is 0 Å². The molecule has 96 valence electrons. The maximum Gasteiger partial charge on any atom is 0.167 e. The summed E-state index contributed by atoms with van der Waals surface area (Å²) in [5.41, 5.74) is 3.26. The van der Waals surface area contributed by atoms with Crippen LogP contribution in [0.2, 0.25) is 0 Å². The predicted octanol–water partition coefficient (Wildman–Crippen LogP) is 1.58. The van der Waals surface area contributed by atoms with Crippen LogP contribution in [0.15, 0.2) is 22.7 Å². The number of benzene rings is 1. The standard InChI is InChI=1S/C14H19N3O/c1-11-14-12(3-2-4-13(14)18-16-11)5-8-17-9-6-15-7-10-17/h2-4,15H,5-10H2,1H3. The van der Waals surface area contributed by atoms with Gasteiger partial charge in [0.2, 0.25) is 0 Å². The van der Waals surface area contributed by atoms with Gasteiger partial charge in [0.25, 0.3) is 0 Å². The smallest absolute Gasteiger partial charge is 0.167 e. The average molecular weight is 245 g/mol. The lowest BCUT2D eigenvalue weighted by Gasteiger charge is -2.27. The minimum absolute atomic E-state index is 0.908. The lowest BCUT2D eigenvalue weighted by molar-refractivity contribution is 0.244. The number of aryl methyl sites for hydroxylation is 1. The van der Waals surface area contributed by atoms with Crippen molar-refractivity contribution in [3.8, 4) is 0 Å². The second kappa shape index (κ2) is 5.08. The molecule has 0 spiro atoms. The minimum atomic E-state index is 0.908. The van der Waals surface area contributed by atoms with E-state index in [2.05, 4.69) is 27.5 Å². The lowest BCUT2D eigenvalue weighted by Crippen LogP contribution is -2.44. The Kier molecular flexibility index (Phi) is 3.30. The third-order valence-electron chi connectivity index (χ3n) is 3.66. The number of nitrogens with one attached hydrogen (secondary N) is 1. The zero-order valence-electron chi connectivity index (χ0n) is 10.8. The normalized spacial score (nSPS) is 17.4. The fourth-order valence-electron chi connectivity index (χ4n) is 2.65. The molecule has 1 saturated heterocycles. The Morgan fingerprint density at radius 2 is 2.17 bits per heavy atom. The van der Waals surface area contributed by atoms with Gasteiger partial charge in [-0.2, -0.15) is 0 Å². The number of hydrogen-bond acceptors (Lipinski definition) is 4. The molecular formula is C14H19N3O. The molecule has 1 aliphatic rings. The van der Waals surface area contributed by atoms with E-state index in [9.17, 15) is 0 Å². The van der Waals surface area contributed by atoms with E-state index in [4.69, 9.17) is 4.52 Å². The first-order chi connectivity index (χ1) is 8.84. The van der Waals surface area contributed by atoms with Crippen LogP contribution in [0.5, 0.6) is 0 Å². The lowest BCUT2D eigenvalue weighted by atomic mass is 10.1. The largest absolute Gasteiger partial charge is 0.356 e. The topological polar surface area (TPSA) is 41.3 Å². The molecule has 0 radical (unpaired) electrons. The number of rotatable bonds is 3. The second-order valence-corrected chi connectivity index (χ2v) is 4.90. The third kappa shape index (κ3) is 2.26. The zero-order chi connectivity index (χ0) is 12.4.